The first-order chi connectivity index (χ1) is 14.2. The van der Waals surface area contributed by atoms with E-state index in [9.17, 15) is 4.79 Å². The third kappa shape index (κ3) is 5.08. The van der Waals surface area contributed by atoms with E-state index >= 15 is 0 Å². The summed E-state index contributed by atoms with van der Waals surface area (Å²) in [6, 6.07) is 13.4. The van der Waals surface area contributed by atoms with Gasteiger partial charge in [0.2, 0.25) is 0 Å². The van der Waals surface area contributed by atoms with Crippen molar-refractivity contribution in [2.45, 2.75) is 25.5 Å². The van der Waals surface area contributed by atoms with Gasteiger partial charge in [-0.2, -0.15) is 5.10 Å². The lowest BCUT2D eigenvalue weighted by molar-refractivity contribution is -0.118. The lowest BCUT2D eigenvalue weighted by Crippen LogP contribution is -2.20. The van der Waals surface area contributed by atoms with Crippen LogP contribution in [0.1, 0.15) is 19.4 Å². The second-order valence-electron chi connectivity index (χ2n) is 6.05. The van der Waals surface area contributed by atoms with Crippen LogP contribution < -0.4 is 14.9 Å². The number of benzene rings is 2. The zero-order chi connectivity index (χ0) is 20.6. The predicted octanol–water partition coefficient (Wildman–Crippen LogP) is 3.71. The Labute approximate surface area is 174 Å². The molecule has 1 N–H and O–H groups in total. The van der Waals surface area contributed by atoms with E-state index in [1.807, 2.05) is 43.3 Å². The van der Waals surface area contributed by atoms with Crippen LogP contribution in [0.5, 0.6) is 11.5 Å². The number of hydrogen-bond acceptors (Lipinski definition) is 6. The van der Waals surface area contributed by atoms with Gasteiger partial charge >= 0.3 is 0 Å². The van der Waals surface area contributed by atoms with Crippen molar-refractivity contribution < 1.29 is 14.3 Å². The number of aryl methyl sites for hydroxylation is 1. The Hall–Kier alpha value is -3.00. The van der Waals surface area contributed by atoms with Gasteiger partial charge in [-0.3, -0.25) is 4.79 Å². The molecule has 3 aromatic rings. The number of carbonyl (C=O) groups is 1. The van der Waals surface area contributed by atoms with Gasteiger partial charge in [0.15, 0.2) is 16.7 Å². The molecule has 0 aliphatic carbocycles. The molecule has 0 saturated carbocycles. The predicted molar refractivity (Wildman–Crippen MR) is 116 cm³/mol. The van der Waals surface area contributed by atoms with Crippen molar-refractivity contribution >= 4 is 34.9 Å². The highest BCUT2D eigenvalue weighted by Crippen LogP contribution is 2.27. The third-order valence-corrected chi connectivity index (χ3v) is 5.13. The number of aromatic nitrogens is 2. The van der Waals surface area contributed by atoms with Crippen LogP contribution in [0.25, 0.3) is 11.0 Å². The Morgan fingerprint density at radius 3 is 2.83 bits per heavy atom. The van der Waals surface area contributed by atoms with Crippen LogP contribution in [0.4, 0.5) is 0 Å². The molecule has 1 amide bonds. The second kappa shape index (κ2) is 9.97. The Morgan fingerprint density at radius 1 is 1.24 bits per heavy atom. The van der Waals surface area contributed by atoms with Crippen LogP contribution in [-0.2, 0) is 11.3 Å². The minimum absolute atomic E-state index is 0.195. The van der Waals surface area contributed by atoms with E-state index < -0.39 is 0 Å². The van der Waals surface area contributed by atoms with Gasteiger partial charge < -0.3 is 14.0 Å². The van der Waals surface area contributed by atoms with Crippen molar-refractivity contribution in [2.75, 3.05) is 19.5 Å². The van der Waals surface area contributed by atoms with Gasteiger partial charge in [0, 0.05) is 6.54 Å². The number of methoxy groups -OCH3 is 1. The van der Waals surface area contributed by atoms with Crippen molar-refractivity contribution in [1.82, 2.24) is 15.0 Å². The van der Waals surface area contributed by atoms with Crippen LogP contribution in [0.3, 0.4) is 0 Å². The summed E-state index contributed by atoms with van der Waals surface area (Å²) in [5, 5.41) is 4.85. The third-order valence-electron chi connectivity index (χ3n) is 4.16. The molecule has 152 valence electrons. The van der Waals surface area contributed by atoms with E-state index in [0.29, 0.717) is 18.1 Å². The maximum absolute atomic E-state index is 12.2. The molecule has 0 aliphatic rings. The number of thioether (sulfide) groups is 1. The van der Waals surface area contributed by atoms with Gasteiger partial charge in [-0.05, 0) is 49.7 Å². The lowest BCUT2D eigenvalue weighted by Gasteiger charge is -2.09. The fourth-order valence-corrected chi connectivity index (χ4v) is 3.72. The molecule has 0 saturated heterocycles. The smallest absolute Gasteiger partial charge is 0.250 e. The van der Waals surface area contributed by atoms with E-state index in [0.717, 1.165) is 28.3 Å². The number of para-hydroxylation sites is 2. The molecule has 0 unspecified atom stereocenters. The molecule has 0 spiro atoms. The van der Waals surface area contributed by atoms with Crippen LogP contribution in [0, 0.1) is 0 Å². The summed E-state index contributed by atoms with van der Waals surface area (Å²) >= 11 is 1.39. The molecule has 29 heavy (non-hydrogen) atoms. The van der Waals surface area contributed by atoms with Crippen LogP contribution in [-0.4, -0.2) is 41.1 Å². The van der Waals surface area contributed by atoms with E-state index in [2.05, 4.69) is 27.0 Å². The van der Waals surface area contributed by atoms with Crippen molar-refractivity contribution in [2.24, 2.45) is 5.10 Å². The lowest BCUT2D eigenvalue weighted by atomic mass is 10.2. The highest BCUT2D eigenvalue weighted by Gasteiger charge is 2.11. The highest BCUT2D eigenvalue weighted by molar-refractivity contribution is 7.99. The summed E-state index contributed by atoms with van der Waals surface area (Å²) in [5.74, 6) is 1.33. The van der Waals surface area contributed by atoms with Crippen molar-refractivity contribution in [3.05, 3.63) is 48.0 Å². The van der Waals surface area contributed by atoms with Gasteiger partial charge in [0.25, 0.3) is 5.91 Å². The zero-order valence-electron chi connectivity index (χ0n) is 16.7. The summed E-state index contributed by atoms with van der Waals surface area (Å²) in [6.45, 7) is 5.33. The molecule has 0 atom stereocenters. The number of nitrogens with one attached hydrogen (secondary N) is 1. The number of ether oxygens (including phenoxy) is 2. The first-order valence-corrected chi connectivity index (χ1v) is 10.4. The number of nitrogens with zero attached hydrogens (tertiary/aromatic N) is 3. The van der Waals surface area contributed by atoms with Gasteiger partial charge in [-0.25, -0.2) is 10.4 Å². The fourth-order valence-electron chi connectivity index (χ4n) is 2.85. The summed E-state index contributed by atoms with van der Waals surface area (Å²) in [5.41, 5.74) is 5.35. The minimum Gasteiger partial charge on any atom is -0.493 e. The van der Waals surface area contributed by atoms with Gasteiger partial charge in [0.1, 0.15) is 0 Å². The van der Waals surface area contributed by atoms with E-state index in [1.165, 1.54) is 11.8 Å². The molecule has 0 fully saturated rings. The Kier molecular flexibility index (Phi) is 7.13. The van der Waals surface area contributed by atoms with Crippen molar-refractivity contribution in [1.29, 1.82) is 0 Å². The summed E-state index contributed by atoms with van der Waals surface area (Å²) in [7, 11) is 1.58. The molecule has 2 aromatic carbocycles. The van der Waals surface area contributed by atoms with Crippen LogP contribution in [0.2, 0.25) is 0 Å². The van der Waals surface area contributed by atoms with Crippen molar-refractivity contribution in [3.8, 4) is 11.5 Å². The molecular weight excluding hydrogens is 388 g/mol. The first-order valence-electron chi connectivity index (χ1n) is 9.37. The molecular formula is C21H24N4O3S. The zero-order valence-corrected chi connectivity index (χ0v) is 17.5. The molecule has 8 heteroatoms. The van der Waals surface area contributed by atoms with Crippen LogP contribution in [0.15, 0.2) is 52.7 Å². The molecule has 0 bridgehead atoms. The monoisotopic (exact) mass is 412 g/mol. The maximum Gasteiger partial charge on any atom is 0.250 e. The van der Waals surface area contributed by atoms with Crippen molar-refractivity contribution in [3.63, 3.8) is 0 Å². The minimum atomic E-state index is -0.195. The number of hydrazone groups is 1. The van der Waals surface area contributed by atoms with Gasteiger partial charge in [-0.1, -0.05) is 23.9 Å². The average molecular weight is 413 g/mol. The topological polar surface area (TPSA) is 77.7 Å². The number of amides is 1. The maximum atomic E-state index is 12.2. The van der Waals surface area contributed by atoms with E-state index in [4.69, 9.17) is 9.47 Å². The molecule has 7 nitrogen and oxygen atoms in total. The summed E-state index contributed by atoms with van der Waals surface area (Å²) in [6.07, 6.45) is 1.57. The standard InChI is InChI=1S/C21H24N4O3S/c1-4-25-17-9-7-6-8-16(17)23-21(25)29-14-20(26)24-22-13-15-10-11-18(28-5-2)19(12-15)27-3/h6-13H,4-5,14H2,1-3H3,(H,24,26)/b22-13+. The Bertz CT molecular complexity index is 1020. The first kappa shape index (κ1) is 20.7. The summed E-state index contributed by atoms with van der Waals surface area (Å²) in [4.78, 5) is 16.8. The molecule has 0 radical (unpaired) electrons. The van der Waals surface area contributed by atoms with Gasteiger partial charge in [-0.15, -0.1) is 0 Å². The Morgan fingerprint density at radius 2 is 2.07 bits per heavy atom. The number of hydrogen-bond donors (Lipinski definition) is 1. The fraction of sp³-hybridized carbons (Fsp3) is 0.286. The van der Waals surface area contributed by atoms with E-state index in [-0.39, 0.29) is 11.7 Å². The number of imidazole rings is 1. The molecule has 0 aliphatic heterocycles. The number of carbonyl (C=O) groups excluding carboxylic acids is 1. The second-order valence-corrected chi connectivity index (χ2v) is 7.00. The van der Waals surface area contributed by atoms with Crippen LogP contribution >= 0.6 is 11.8 Å². The SMILES string of the molecule is CCOc1ccc(/C=N/NC(=O)CSc2nc3ccccc3n2CC)cc1OC. The summed E-state index contributed by atoms with van der Waals surface area (Å²) < 4.78 is 12.9. The number of rotatable bonds is 9. The molecule has 3 rings (SSSR count). The van der Waals surface area contributed by atoms with Gasteiger partial charge in [0.05, 0.1) is 36.7 Å². The number of fused-ring (bicyclic) bond motifs is 1. The van der Waals surface area contributed by atoms with E-state index in [1.54, 1.807) is 19.4 Å². The molecule has 1 heterocycles. The quantitative estimate of drug-likeness (QED) is 0.329. The average Bonchev–Trinajstić information content (AvgIpc) is 3.11. The largest absolute Gasteiger partial charge is 0.493 e. The normalized spacial score (nSPS) is 11.1. The highest BCUT2D eigenvalue weighted by atomic mass is 32.2. The Balaban J connectivity index is 1.58. The molecule has 1 aromatic heterocycles.